The van der Waals surface area contributed by atoms with Gasteiger partial charge in [0.1, 0.15) is 5.75 Å². The second-order valence-electron chi connectivity index (χ2n) is 5.55. The van der Waals surface area contributed by atoms with Crippen molar-refractivity contribution in [2.45, 2.75) is 13.3 Å². The molecule has 0 radical (unpaired) electrons. The molecule has 0 saturated heterocycles. The maximum absolute atomic E-state index is 12.3. The van der Waals surface area contributed by atoms with E-state index in [1.807, 2.05) is 25.1 Å². The van der Waals surface area contributed by atoms with Crippen molar-refractivity contribution in [3.05, 3.63) is 58.4 Å². The fourth-order valence-electron chi connectivity index (χ4n) is 2.61. The zero-order chi connectivity index (χ0) is 17.1. The number of nitrogens with one attached hydrogen (secondary N) is 2. The number of amides is 1. The van der Waals surface area contributed by atoms with Crippen molar-refractivity contribution in [1.29, 1.82) is 0 Å². The van der Waals surface area contributed by atoms with E-state index < -0.39 is 0 Å². The highest BCUT2D eigenvalue weighted by atomic mass is 35.5. The van der Waals surface area contributed by atoms with Gasteiger partial charge < -0.3 is 15.0 Å². The molecule has 1 amide bonds. The molecule has 124 valence electrons. The number of carbonyl (C=O) groups excluding carboxylic acids is 1. The van der Waals surface area contributed by atoms with Crippen LogP contribution < -0.4 is 10.1 Å². The summed E-state index contributed by atoms with van der Waals surface area (Å²) in [6.45, 7) is 2.53. The van der Waals surface area contributed by atoms with Crippen LogP contribution in [0.25, 0.3) is 11.0 Å². The molecule has 3 aromatic rings. The van der Waals surface area contributed by atoms with Crippen LogP contribution in [-0.4, -0.2) is 29.5 Å². The third-order valence-electron chi connectivity index (χ3n) is 3.97. The minimum absolute atomic E-state index is 0.108. The van der Waals surface area contributed by atoms with Crippen LogP contribution in [0.3, 0.4) is 0 Å². The van der Waals surface area contributed by atoms with Gasteiger partial charge in [-0.15, -0.1) is 0 Å². The molecule has 0 saturated carbocycles. The summed E-state index contributed by atoms with van der Waals surface area (Å²) in [6.07, 6.45) is 2.32. The van der Waals surface area contributed by atoms with E-state index in [0.717, 1.165) is 22.2 Å². The molecule has 2 aromatic carbocycles. The molecule has 1 aromatic heterocycles. The SMILES string of the molecule is COc1cc(C)c(CCNC(=O)c2ccc3nc[nH]c3c2)cc1Cl. The standard InChI is InChI=1S/C18H18ClN3O2/c1-11-7-17(24-2)14(19)8-12(11)5-6-20-18(23)13-3-4-15-16(9-13)22-10-21-15/h3-4,7-10H,5-6H2,1-2H3,(H,20,23)(H,21,22). The van der Waals surface area contributed by atoms with Gasteiger partial charge in [0.15, 0.2) is 0 Å². The van der Waals surface area contributed by atoms with Crippen LogP contribution in [-0.2, 0) is 6.42 Å². The molecular formula is C18H18ClN3O2. The first-order chi connectivity index (χ1) is 11.6. The first-order valence-electron chi connectivity index (χ1n) is 7.63. The monoisotopic (exact) mass is 343 g/mol. The van der Waals surface area contributed by atoms with Crippen LogP contribution in [0.1, 0.15) is 21.5 Å². The molecule has 24 heavy (non-hydrogen) atoms. The zero-order valence-corrected chi connectivity index (χ0v) is 14.3. The Hall–Kier alpha value is -2.53. The van der Waals surface area contributed by atoms with Crippen LogP contribution in [0.15, 0.2) is 36.7 Å². The van der Waals surface area contributed by atoms with Crippen molar-refractivity contribution in [3.8, 4) is 5.75 Å². The number of halogens is 1. The van der Waals surface area contributed by atoms with E-state index in [1.54, 1.807) is 25.6 Å². The number of aryl methyl sites for hydroxylation is 1. The zero-order valence-electron chi connectivity index (χ0n) is 13.5. The molecule has 0 unspecified atom stereocenters. The number of H-pyrrole nitrogens is 1. The maximum Gasteiger partial charge on any atom is 0.251 e. The summed E-state index contributed by atoms with van der Waals surface area (Å²) in [4.78, 5) is 19.4. The smallest absolute Gasteiger partial charge is 0.251 e. The number of aromatic amines is 1. The van der Waals surface area contributed by atoms with Gasteiger partial charge in [0, 0.05) is 12.1 Å². The number of ether oxygens (including phenoxy) is 1. The summed E-state index contributed by atoms with van der Waals surface area (Å²) in [5.74, 6) is 0.554. The van der Waals surface area contributed by atoms with Gasteiger partial charge in [0.25, 0.3) is 5.91 Å². The Morgan fingerprint density at radius 1 is 1.33 bits per heavy atom. The van der Waals surface area contributed by atoms with Crippen molar-refractivity contribution in [1.82, 2.24) is 15.3 Å². The molecule has 0 aliphatic heterocycles. The van der Waals surface area contributed by atoms with E-state index >= 15 is 0 Å². The number of methoxy groups -OCH3 is 1. The third kappa shape index (κ3) is 3.36. The number of fused-ring (bicyclic) bond motifs is 1. The van der Waals surface area contributed by atoms with Crippen LogP contribution in [0.4, 0.5) is 0 Å². The molecule has 1 heterocycles. The highest BCUT2D eigenvalue weighted by molar-refractivity contribution is 6.32. The van der Waals surface area contributed by atoms with Crippen LogP contribution >= 0.6 is 11.6 Å². The summed E-state index contributed by atoms with van der Waals surface area (Å²) in [7, 11) is 1.59. The van der Waals surface area contributed by atoms with Crippen molar-refractivity contribution in [2.24, 2.45) is 0 Å². The van der Waals surface area contributed by atoms with Crippen molar-refractivity contribution >= 4 is 28.5 Å². The molecular weight excluding hydrogens is 326 g/mol. The maximum atomic E-state index is 12.3. The fraction of sp³-hybridized carbons (Fsp3) is 0.222. The number of hydrogen-bond donors (Lipinski definition) is 2. The Morgan fingerprint density at radius 3 is 2.96 bits per heavy atom. The van der Waals surface area contributed by atoms with Crippen molar-refractivity contribution in [3.63, 3.8) is 0 Å². The van der Waals surface area contributed by atoms with Gasteiger partial charge >= 0.3 is 0 Å². The lowest BCUT2D eigenvalue weighted by Gasteiger charge is -2.11. The van der Waals surface area contributed by atoms with E-state index in [9.17, 15) is 4.79 Å². The number of benzene rings is 2. The lowest BCUT2D eigenvalue weighted by Crippen LogP contribution is -2.25. The molecule has 6 heteroatoms. The van der Waals surface area contributed by atoms with Crippen LogP contribution in [0, 0.1) is 6.92 Å². The van der Waals surface area contributed by atoms with E-state index in [-0.39, 0.29) is 5.91 Å². The van der Waals surface area contributed by atoms with Gasteiger partial charge in [-0.3, -0.25) is 4.79 Å². The van der Waals surface area contributed by atoms with Crippen molar-refractivity contribution < 1.29 is 9.53 Å². The highest BCUT2D eigenvalue weighted by Gasteiger charge is 2.09. The van der Waals surface area contributed by atoms with Gasteiger partial charge in [-0.05, 0) is 54.8 Å². The van der Waals surface area contributed by atoms with Gasteiger partial charge in [0.2, 0.25) is 0 Å². The summed E-state index contributed by atoms with van der Waals surface area (Å²) >= 11 is 6.16. The lowest BCUT2D eigenvalue weighted by molar-refractivity contribution is 0.0954. The second kappa shape index (κ2) is 6.93. The predicted octanol–water partition coefficient (Wildman–Crippen LogP) is 3.51. The number of hydrogen-bond acceptors (Lipinski definition) is 3. The normalized spacial score (nSPS) is 10.8. The van der Waals surface area contributed by atoms with Crippen molar-refractivity contribution in [2.75, 3.05) is 13.7 Å². The van der Waals surface area contributed by atoms with Gasteiger partial charge in [0.05, 0.1) is 29.5 Å². The molecule has 0 fully saturated rings. The number of nitrogens with zero attached hydrogens (tertiary/aromatic N) is 1. The number of carbonyl (C=O) groups is 1. The van der Waals surface area contributed by atoms with Gasteiger partial charge in [-0.25, -0.2) is 4.98 Å². The first-order valence-corrected chi connectivity index (χ1v) is 8.00. The number of rotatable bonds is 5. The Labute approximate surface area is 145 Å². The van der Waals surface area contributed by atoms with Gasteiger partial charge in [-0.2, -0.15) is 0 Å². The Balaban J connectivity index is 1.63. The topological polar surface area (TPSA) is 67.0 Å². The second-order valence-corrected chi connectivity index (χ2v) is 5.96. The van der Waals surface area contributed by atoms with E-state index in [1.165, 1.54) is 0 Å². The number of aromatic nitrogens is 2. The van der Waals surface area contributed by atoms with Crippen LogP contribution in [0.5, 0.6) is 5.75 Å². The average molecular weight is 344 g/mol. The lowest BCUT2D eigenvalue weighted by atomic mass is 10.1. The Morgan fingerprint density at radius 2 is 2.17 bits per heavy atom. The summed E-state index contributed by atoms with van der Waals surface area (Å²) in [5.41, 5.74) is 4.47. The van der Waals surface area contributed by atoms with Crippen LogP contribution in [0.2, 0.25) is 5.02 Å². The molecule has 2 N–H and O–H groups in total. The average Bonchev–Trinajstić information content (AvgIpc) is 3.05. The molecule has 0 aliphatic carbocycles. The number of imidazole rings is 1. The summed E-state index contributed by atoms with van der Waals surface area (Å²) in [6, 6.07) is 9.19. The van der Waals surface area contributed by atoms with E-state index in [2.05, 4.69) is 15.3 Å². The summed E-state index contributed by atoms with van der Waals surface area (Å²) < 4.78 is 5.20. The first kappa shape index (κ1) is 16.3. The molecule has 0 bridgehead atoms. The van der Waals surface area contributed by atoms with E-state index in [4.69, 9.17) is 16.3 Å². The third-order valence-corrected chi connectivity index (χ3v) is 4.27. The molecule has 3 rings (SSSR count). The molecule has 0 aliphatic rings. The highest BCUT2D eigenvalue weighted by Crippen LogP contribution is 2.27. The molecule has 0 spiro atoms. The quantitative estimate of drug-likeness (QED) is 0.745. The fourth-order valence-corrected chi connectivity index (χ4v) is 2.87. The minimum Gasteiger partial charge on any atom is -0.495 e. The van der Waals surface area contributed by atoms with Gasteiger partial charge in [-0.1, -0.05) is 11.6 Å². The Bertz CT molecular complexity index is 889. The predicted molar refractivity (Wildman–Crippen MR) is 94.9 cm³/mol. The molecule has 0 atom stereocenters. The molecule has 5 nitrogen and oxygen atoms in total. The largest absolute Gasteiger partial charge is 0.495 e. The minimum atomic E-state index is -0.108. The van der Waals surface area contributed by atoms with E-state index in [0.29, 0.717) is 29.3 Å². The summed E-state index contributed by atoms with van der Waals surface area (Å²) in [5, 5.41) is 3.51. The Kier molecular flexibility index (Phi) is 4.71.